The first kappa shape index (κ1) is 16.5. The summed E-state index contributed by atoms with van der Waals surface area (Å²) in [6, 6.07) is 15.1. The highest BCUT2D eigenvalue weighted by Gasteiger charge is 2.18. The second-order valence-electron chi connectivity index (χ2n) is 5.25. The molecule has 0 saturated heterocycles. The van der Waals surface area contributed by atoms with Crippen molar-refractivity contribution < 1.29 is 13.9 Å². The second-order valence-corrected chi connectivity index (χ2v) is 5.25. The highest BCUT2D eigenvalue weighted by molar-refractivity contribution is 5.87. The van der Waals surface area contributed by atoms with Gasteiger partial charge >= 0.3 is 5.97 Å². The van der Waals surface area contributed by atoms with E-state index in [4.69, 9.17) is 4.74 Å². The van der Waals surface area contributed by atoms with Gasteiger partial charge in [-0.3, -0.25) is 0 Å². The smallest absolute Gasteiger partial charge is 0.331 e. The van der Waals surface area contributed by atoms with Crippen LogP contribution >= 0.6 is 0 Å². The minimum atomic E-state index is -0.638. The fraction of sp³-hybridized carbons (Fsp3) is 0.111. The molecule has 1 aromatic heterocycles. The summed E-state index contributed by atoms with van der Waals surface area (Å²) in [5.41, 5.74) is 1.47. The average Bonchev–Trinajstić information content (AvgIpc) is 3.12. The van der Waals surface area contributed by atoms with E-state index in [1.54, 1.807) is 25.1 Å². The first-order chi connectivity index (χ1) is 12.1. The number of benzene rings is 2. The molecule has 0 fully saturated rings. The number of hydrogen-bond acceptors (Lipinski definition) is 5. The molecule has 0 radical (unpaired) electrons. The van der Waals surface area contributed by atoms with Gasteiger partial charge in [-0.25, -0.2) is 9.18 Å². The van der Waals surface area contributed by atoms with E-state index in [-0.39, 0.29) is 5.82 Å². The molecule has 2 aromatic carbocycles. The lowest BCUT2D eigenvalue weighted by Gasteiger charge is -2.11. The van der Waals surface area contributed by atoms with Gasteiger partial charge in [0.25, 0.3) is 0 Å². The highest BCUT2D eigenvalue weighted by atomic mass is 19.1. The SMILES string of the molecule is CC(OC(=O)C=Cc1ccc(F)cc1)c1nnnn1-c1ccccc1. The summed E-state index contributed by atoms with van der Waals surface area (Å²) in [4.78, 5) is 12.0. The van der Waals surface area contributed by atoms with Crippen LogP contribution < -0.4 is 0 Å². The molecule has 3 aromatic rings. The summed E-state index contributed by atoms with van der Waals surface area (Å²) in [5.74, 6) is -0.463. The van der Waals surface area contributed by atoms with Crippen molar-refractivity contribution in [2.24, 2.45) is 0 Å². The van der Waals surface area contributed by atoms with Crippen LogP contribution in [-0.2, 0) is 9.53 Å². The fourth-order valence-corrected chi connectivity index (χ4v) is 2.20. The summed E-state index contributed by atoms with van der Waals surface area (Å²) < 4.78 is 19.7. The fourth-order valence-electron chi connectivity index (χ4n) is 2.20. The van der Waals surface area contributed by atoms with E-state index in [0.29, 0.717) is 11.4 Å². The Balaban J connectivity index is 1.68. The molecule has 0 aliphatic rings. The molecule has 0 aliphatic carbocycles. The Morgan fingerprint density at radius 3 is 2.60 bits per heavy atom. The lowest BCUT2D eigenvalue weighted by atomic mass is 10.2. The zero-order valence-corrected chi connectivity index (χ0v) is 13.4. The van der Waals surface area contributed by atoms with Crippen LogP contribution in [0.25, 0.3) is 11.8 Å². The quantitative estimate of drug-likeness (QED) is 0.528. The van der Waals surface area contributed by atoms with Gasteiger partial charge in [-0.15, -0.1) is 5.10 Å². The van der Waals surface area contributed by atoms with Crippen molar-refractivity contribution in [3.05, 3.63) is 77.9 Å². The van der Waals surface area contributed by atoms with Crippen molar-refractivity contribution in [1.29, 1.82) is 0 Å². The topological polar surface area (TPSA) is 69.9 Å². The molecular weight excluding hydrogens is 323 g/mol. The molecule has 3 rings (SSSR count). The van der Waals surface area contributed by atoms with Crippen molar-refractivity contribution >= 4 is 12.0 Å². The van der Waals surface area contributed by atoms with E-state index in [9.17, 15) is 9.18 Å². The molecule has 126 valence electrons. The van der Waals surface area contributed by atoms with E-state index in [2.05, 4.69) is 15.5 Å². The number of tetrazole rings is 1. The molecule has 0 spiro atoms. The molecule has 0 aliphatic heterocycles. The minimum Gasteiger partial charge on any atom is -0.451 e. The third-order valence-corrected chi connectivity index (χ3v) is 3.43. The van der Waals surface area contributed by atoms with E-state index in [1.807, 2.05) is 30.3 Å². The number of para-hydroxylation sites is 1. The van der Waals surface area contributed by atoms with Crippen LogP contribution in [0.15, 0.2) is 60.7 Å². The van der Waals surface area contributed by atoms with Gasteiger partial charge in [0.2, 0.25) is 0 Å². The van der Waals surface area contributed by atoms with Crippen LogP contribution in [0.3, 0.4) is 0 Å². The largest absolute Gasteiger partial charge is 0.451 e. The summed E-state index contributed by atoms with van der Waals surface area (Å²) in [6.45, 7) is 1.69. The van der Waals surface area contributed by atoms with Gasteiger partial charge < -0.3 is 4.74 Å². The number of nitrogens with zero attached hydrogens (tertiary/aromatic N) is 4. The van der Waals surface area contributed by atoms with Crippen LogP contribution in [0.5, 0.6) is 0 Å². The zero-order chi connectivity index (χ0) is 17.6. The first-order valence-electron chi connectivity index (χ1n) is 7.61. The van der Waals surface area contributed by atoms with Crippen molar-refractivity contribution in [3.63, 3.8) is 0 Å². The van der Waals surface area contributed by atoms with Gasteiger partial charge in [0, 0.05) is 6.08 Å². The predicted molar refractivity (Wildman–Crippen MR) is 89.1 cm³/mol. The third kappa shape index (κ3) is 4.14. The molecule has 7 heteroatoms. The van der Waals surface area contributed by atoms with Gasteiger partial charge in [-0.05, 0) is 53.3 Å². The van der Waals surface area contributed by atoms with Crippen molar-refractivity contribution in [2.45, 2.75) is 13.0 Å². The Hall–Kier alpha value is -3.35. The Morgan fingerprint density at radius 2 is 1.88 bits per heavy atom. The van der Waals surface area contributed by atoms with E-state index in [1.165, 1.54) is 22.9 Å². The van der Waals surface area contributed by atoms with Crippen LogP contribution in [0.1, 0.15) is 24.4 Å². The summed E-state index contributed by atoms with van der Waals surface area (Å²) in [5, 5.41) is 11.5. The van der Waals surface area contributed by atoms with Crippen LogP contribution in [0.2, 0.25) is 0 Å². The predicted octanol–water partition coefficient (Wildman–Crippen LogP) is 3.12. The third-order valence-electron chi connectivity index (χ3n) is 3.43. The number of rotatable bonds is 5. The summed E-state index contributed by atoms with van der Waals surface area (Å²) >= 11 is 0. The van der Waals surface area contributed by atoms with Gasteiger partial charge in [0.05, 0.1) is 5.69 Å². The summed E-state index contributed by atoms with van der Waals surface area (Å²) in [6.07, 6.45) is 2.19. The van der Waals surface area contributed by atoms with E-state index >= 15 is 0 Å². The Morgan fingerprint density at radius 1 is 1.16 bits per heavy atom. The lowest BCUT2D eigenvalue weighted by Crippen LogP contribution is -2.12. The van der Waals surface area contributed by atoms with Gasteiger partial charge in [-0.2, -0.15) is 4.68 Å². The molecule has 1 atom stereocenters. The Labute approximate surface area is 143 Å². The number of hydrogen-bond donors (Lipinski definition) is 0. The zero-order valence-electron chi connectivity index (χ0n) is 13.4. The second kappa shape index (κ2) is 7.48. The van der Waals surface area contributed by atoms with Crippen molar-refractivity contribution in [2.75, 3.05) is 0 Å². The van der Waals surface area contributed by atoms with Crippen LogP contribution in [0, 0.1) is 5.82 Å². The number of aromatic nitrogens is 4. The first-order valence-corrected chi connectivity index (χ1v) is 7.61. The molecule has 25 heavy (non-hydrogen) atoms. The van der Waals surface area contributed by atoms with Crippen molar-refractivity contribution in [1.82, 2.24) is 20.2 Å². The number of esters is 1. The maximum atomic E-state index is 12.9. The van der Waals surface area contributed by atoms with Crippen molar-refractivity contribution in [3.8, 4) is 5.69 Å². The maximum Gasteiger partial charge on any atom is 0.331 e. The average molecular weight is 338 g/mol. The van der Waals surface area contributed by atoms with Crippen LogP contribution in [0.4, 0.5) is 4.39 Å². The van der Waals surface area contributed by atoms with Crippen LogP contribution in [-0.4, -0.2) is 26.2 Å². The van der Waals surface area contributed by atoms with E-state index in [0.717, 1.165) is 5.69 Å². The number of ether oxygens (including phenoxy) is 1. The monoisotopic (exact) mass is 338 g/mol. The molecule has 1 heterocycles. The lowest BCUT2D eigenvalue weighted by molar-refractivity contribution is -0.142. The molecule has 0 N–H and O–H groups in total. The minimum absolute atomic E-state index is 0.332. The molecule has 6 nitrogen and oxygen atoms in total. The van der Waals surface area contributed by atoms with Gasteiger partial charge in [-0.1, -0.05) is 30.3 Å². The molecule has 1 unspecified atom stereocenters. The summed E-state index contributed by atoms with van der Waals surface area (Å²) in [7, 11) is 0. The number of halogens is 1. The highest BCUT2D eigenvalue weighted by Crippen LogP contribution is 2.17. The molecule has 0 amide bonds. The van der Waals surface area contributed by atoms with E-state index < -0.39 is 12.1 Å². The van der Waals surface area contributed by atoms with Gasteiger partial charge in [0.1, 0.15) is 5.82 Å². The Bertz CT molecular complexity index is 876. The number of carbonyl (C=O) groups is 1. The number of carbonyl (C=O) groups excluding carboxylic acids is 1. The molecular formula is C18H15FN4O2. The maximum absolute atomic E-state index is 12.9. The standard InChI is InChI=1S/C18H15FN4O2/c1-13(18-20-21-22-23(18)16-5-3-2-4-6-16)25-17(24)12-9-14-7-10-15(19)11-8-14/h2-13H,1H3. The molecule has 0 bridgehead atoms. The molecule has 0 saturated carbocycles. The normalized spacial score (nSPS) is 12.2. The van der Waals surface area contributed by atoms with Gasteiger partial charge in [0.15, 0.2) is 11.9 Å². The Kier molecular flexibility index (Phi) is 4.94.